The topological polar surface area (TPSA) is 101 Å². The maximum atomic E-state index is 13.2. The number of aromatic nitrogens is 1. The SMILES string of the molecule is N#CC1CN(C2CCN(C(=O)CO)C2)C(=O)N1c1cncc2ccccc12. The first-order chi connectivity index (χ1) is 13.1. The molecular formula is C19H19N5O3. The van der Waals surface area contributed by atoms with E-state index in [9.17, 15) is 14.9 Å². The van der Waals surface area contributed by atoms with Crippen LogP contribution in [-0.4, -0.2) is 70.2 Å². The number of pyridine rings is 1. The maximum Gasteiger partial charge on any atom is 0.326 e. The molecule has 0 radical (unpaired) electrons. The van der Waals surface area contributed by atoms with Crippen LogP contribution in [0.1, 0.15) is 6.42 Å². The Labute approximate surface area is 156 Å². The molecule has 0 bridgehead atoms. The van der Waals surface area contributed by atoms with Gasteiger partial charge >= 0.3 is 6.03 Å². The van der Waals surface area contributed by atoms with Crippen LogP contribution in [0.25, 0.3) is 10.8 Å². The van der Waals surface area contributed by atoms with E-state index in [4.69, 9.17) is 5.11 Å². The lowest BCUT2D eigenvalue weighted by molar-refractivity contribution is -0.133. The summed E-state index contributed by atoms with van der Waals surface area (Å²) >= 11 is 0. The van der Waals surface area contributed by atoms with Gasteiger partial charge in [-0.05, 0) is 6.42 Å². The normalized spacial score (nSPS) is 22.5. The molecule has 27 heavy (non-hydrogen) atoms. The standard InChI is InChI=1S/C19H19N5O3/c20-7-15-11-23(14-5-6-22(10-14)18(26)12-25)19(27)24(15)17-9-21-8-13-3-1-2-4-16(13)17/h1-4,8-9,14-15,25H,5-6,10-12H2. The minimum Gasteiger partial charge on any atom is -0.387 e. The van der Waals surface area contributed by atoms with Crippen molar-refractivity contribution in [3.05, 3.63) is 36.7 Å². The van der Waals surface area contributed by atoms with Gasteiger partial charge in [-0.25, -0.2) is 4.79 Å². The van der Waals surface area contributed by atoms with Gasteiger partial charge in [-0.3, -0.25) is 14.7 Å². The second-order valence-electron chi connectivity index (χ2n) is 6.77. The highest BCUT2D eigenvalue weighted by molar-refractivity contribution is 6.04. The van der Waals surface area contributed by atoms with Gasteiger partial charge in [-0.15, -0.1) is 0 Å². The molecule has 2 aromatic rings. The number of likely N-dealkylation sites (tertiary alicyclic amines) is 1. The number of rotatable bonds is 3. The van der Waals surface area contributed by atoms with E-state index in [1.54, 1.807) is 22.2 Å². The average Bonchev–Trinajstić information content (AvgIpc) is 3.31. The number of urea groups is 1. The summed E-state index contributed by atoms with van der Waals surface area (Å²) < 4.78 is 0. The van der Waals surface area contributed by atoms with E-state index in [1.165, 1.54) is 4.90 Å². The van der Waals surface area contributed by atoms with Gasteiger partial charge < -0.3 is 14.9 Å². The highest BCUT2D eigenvalue weighted by Crippen LogP contribution is 2.33. The molecule has 2 aliphatic heterocycles. The van der Waals surface area contributed by atoms with E-state index >= 15 is 0 Å². The zero-order chi connectivity index (χ0) is 19.0. The van der Waals surface area contributed by atoms with Crippen LogP contribution in [-0.2, 0) is 4.79 Å². The molecule has 4 rings (SSSR count). The van der Waals surface area contributed by atoms with E-state index in [0.717, 1.165) is 10.8 Å². The van der Waals surface area contributed by atoms with Gasteiger partial charge in [0.25, 0.3) is 0 Å². The summed E-state index contributed by atoms with van der Waals surface area (Å²) in [5, 5.41) is 20.4. The zero-order valence-electron chi connectivity index (χ0n) is 14.7. The van der Waals surface area contributed by atoms with Crippen molar-refractivity contribution in [2.45, 2.75) is 18.5 Å². The van der Waals surface area contributed by atoms with Crippen LogP contribution in [0.2, 0.25) is 0 Å². The number of nitrogens with zero attached hydrogens (tertiary/aromatic N) is 5. The van der Waals surface area contributed by atoms with Crippen molar-refractivity contribution in [3.8, 4) is 6.07 Å². The molecule has 2 unspecified atom stereocenters. The third-order valence-electron chi connectivity index (χ3n) is 5.28. The second kappa shape index (κ2) is 6.85. The third kappa shape index (κ3) is 2.86. The van der Waals surface area contributed by atoms with Gasteiger partial charge in [0.1, 0.15) is 12.6 Å². The smallest absolute Gasteiger partial charge is 0.326 e. The number of nitriles is 1. The van der Waals surface area contributed by atoms with E-state index in [1.807, 2.05) is 24.3 Å². The molecule has 2 fully saturated rings. The average molecular weight is 365 g/mol. The number of carbonyl (C=O) groups excluding carboxylic acids is 2. The van der Waals surface area contributed by atoms with Gasteiger partial charge in [0.15, 0.2) is 0 Å². The molecule has 2 saturated heterocycles. The molecule has 0 spiro atoms. The predicted octanol–water partition coefficient (Wildman–Crippen LogP) is 0.962. The number of amides is 3. The molecule has 2 aliphatic rings. The summed E-state index contributed by atoms with van der Waals surface area (Å²) in [7, 11) is 0. The molecule has 1 aromatic heterocycles. The van der Waals surface area contributed by atoms with Crippen molar-refractivity contribution >= 4 is 28.4 Å². The molecule has 3 heterocycles. The molecule has 138 valence electrons. The first-order valence-electron chi connectivity index (χ1n) is 8.85. The number of aliphatic hydroxyl groups excluding tert-OH is 1. The summed E-state index contributed by atoms with van der Waals surface area (Å²) in [6, 6.07) is 8.82. The van der Waals surface area contributed by atoms with Gasteiger partial charge in [0.05, 0.1) is 30.5 Å². The monoisotopic (exact) mass is 365 g/mol. The van der Waals surface area contributed by atoms with Crippen LogP contribution in [0.15, 0.2) is 36.7 Å². The Kier molecular flexibility index (Phi) is 4.38. The van der Waals surface area contributed by atoms with Crippen molar-refractivity contribution in [1.29, 1.82) is 5.26 Å². The third-order valence-corrected chi connectivity index (χ3v) is 5.28. The van der Waals surface area contributed by atoms with Gasteiger partial charge in [-0.1, -0.05) is 24.3 Å². The summed E-state index contributed by atoms with van der Waals surface area (Å²) in [6.07, 6.45) is 3.98. The van der Waals surface area contributed by atoms with Crippen LogP contribution in [0.3, 0.4) is 0 Å². The Balaban J connectivity index is 1.64. The van der Waals surface area contributed by atoms with Crippen LogP contribution < -0.4 is 4.90 Å². The summed E-state index contributed by atoms with van der Waals surface area (Å²) in [5.41, 5.74) is 0.619. The van der Waals surface area contributed by atoms with Crippen molar-refractivity contribution in [2.75, 3.05) is 31.1 Å². The molecule has 0 aliphatic carbocycles. The van der Waals surface area contributed by atoms with Crippen LogP contribution in [0.4, 0.5) is 10.5 Å². The Hall–Kier alpha value is -3.18. The van der Waals surface area contributed by atoms with Crippen molar-refractivity contribution < 1.29 is 14.7 Å². The summed E-state index contributed by atoms with van der Waals surface area (Å²) in [5.74, 6) is -0.337. The minimum absolute atomic E-state index is 0.156. The van der Waals surface area contributed by atoms with Gasteiger partial charge in [-0.2, -0.15) is 5.26 Å². The Morgan fingerprint density at radius 3 is 2.89 bits per heavy atom. The van der Waals surface area contributed by atoms with E-state index in [0.29, 0.717) is 25.2 Å². The maximum absolute atomic E-state index is 13.2. The van der Waals surface area contributed by atoms with Crippen LogP contribution in [0, 0.1) is 11.3 Å². The number of benzene rings is 1. The van der Waals surface area contributed by atoms with Crippen molar-refractivity contribution in [2.24, 2.45) is 0 Å². The fraction of sp³-hybridized carbons (Fsp3) is 0.368. The highest BCUT2D eigenvalue weighted by atomic mass is 16.3. The lowest BCUT2D eigenvalue weighted by Crippen LogP contribution is -2.42. The van der Waals surface area contributed by atoms with Crippen LogP contribution in [0.5, 0.6) is 0 Å². The quantitative estimate of drug-likeness (QED) is 0.873. The van der Waals surface area contributed by atoms with Crippen molar-refractivity contribution in [3.63, 3.8) is 0 Å². The first-order valence-corrected chi connectivity index (χ1v) is 8.85. The lowest BCUT2D eigenvalue weighted by atomic mass is 10.1. The molecule has 3 amide bonds. The van der Waals surface area contributed by atoms with E-state index in [2.05, 4.69) is 11.1 Å². The van der Waals surface area contributed by atoms with Crippen LogP contribution >= 0.6 is 0 Å². The van der Waals surface area contributed by atoms with Crippen molar-refractivity contribution in [1.82, 2.24) is 14.8 Å². The minimum atomic E-state index is -0.618. The fourth-order valence-electron chi connectivity index (χ4n) is 3.91. The largest absolute Gasteiger partial charge is 0.387 e. The number of aliphatic hydroxyl groups is 1. The molecule has 0 saturated carbocycles. The highest BCUT2D eigenvalue weighted by Gasteiger charge is 2.44. The second-order valence-corrected chi connectivity index (χ2v) is 6.77. The Morgan fingerprint density at radius 2 is 2.11 bits per heavy atom. The lowest BCUT2D eigenvalue weighted by Gasteiger charge is -2.25. The summed E-state index contributed by atoms with van der Waals surface area (Å²) in [6.45, 7) is 0.630. The Bertz CT molecular complexity index is 935. The van der Waals surface area contributed by atoms with E-state index in [-0.39, 0.29) is 24.5 Å². The van der Waals surface area contributed by atoms with Gasteiger partial charge in [0, 0.05) is 30.1 Å². The zero-order valence-corrected chi connectivity index (χ0v) is 14.7. The van der Waals surface area contributed by atoms with Gasteiger partial charge in [0.2, 0.25) is 5.91 Å². The number of hydrogen-bond donors (Lipinski definition) is 1. The Morgan fingerprint density at radius 1 is 1.30 bits per heavy atom. The first kappa shape index (κ1) is 17.2. The molecule has 8 nitrogen and oxygen atoms in total. The van der Waals surface area contributed by atoms with E-state index < -0.39 is 12.6 Å². The fourth-order valence-corrected chi connectivity index (χ4v) is 3.91. The number of fused-ring (bicyclic) bond motifs is 1. The summed E-state index contributed by atoms with van der Waals surface area (Å²) in [4.78, 5) is 33.8. The predicted molar refractivity (Wildman–Crippen MR) is 97.8 cm³/mol. The molecule has 2 atom stereocenters. The molecule has 8 heteroatoms. The molecule has 1 aromatic carbocycles. The molecule has 1 N–H and O–H groups in total. The number of anilines is 1. The number of carbonyl (C=O) groups is 2. The molecular weight excluding hydrogens is 346 g/mol. The number of hydrogen-bond acceptors (Lipinski definition) is 5.